The third-order valence-electron chi connectivity index (χ3n) is 3.70. The second-order valence-corrected chi connectivity index (χ2v) is 5.83. The fourth-order valence-corrected chi connectivity index (χ4v) is 2.38. The summed E-state index contributed by atoms with van der Waals surface area (Å²) in [6.07, 6.45) is 0.569. The van der Waals surface area contributed by atoms with E-state index in [1.807, 2.05) is 13.8 Å². The van der Waals surface area contributed by atoms with Crippen molar-refractivity contribution in [3.63, 3.8) is 0 Å². The smallest absolute Gasteiger partial charge is 0.346 e. The normalized spacial score (nSPS) is 11.8. The molecule has 2 aromatic rings. The molecule has 1 unspecified atom stereocenters. The fourth-order valence-electron chi connectivity index (χ4n) is 2.38. The molecular weight excluding hydrogens is 338 g/mol. The predicted octanol–water partition coefficient (Wildman–Crippen LogP) is 2.67. The first-order valence-corrected chi connectivity index (χ1v) is 8.15. The monoisotopic (exact) mass is 361 g/mol. The third kappa shape index (κ3) is 4.14. The lowest BCUT2D eigenvalue weighted by Gasteiger charge is -2.17. The highest BCUT2D eigenvalue weighted by Crippen LogP contribution is 2.29. The Morgan fingerprint density at radius 2 is 1.69 bits per heavy atom. The second kappa shape index (κ2) is 8.37. The van der Waals surface area contributed by atoms with Crippen molar-refractivity contribution in [3.8, 4) is 11.5 Å². The van der Waals surface area contributed by atoms with E-state index in [-0.39, 0.29) is 11.6 Å². The summed E-state index contributed by atoms with van der Waals surface area (Å²) >= 11 is 0. The summed E-state index contributed by atoms with van der Waals surface area (Å²) in [6.45, 7) is 5.38. The molecule has 8 heteroatoms. The molecule has 2 rings (SSSR count). The average molecular weight is 361 g/mol. The van der Waals surface area contributed by atoms with Crippen molar-refractivity contribution in [3.05, 3.63) is 36.0 Å². The summed E-state index contributed by atoms with van der Waals surface area (Å²) in [7, 11) is 2.88. The Bertz CT molecular complexity index is 763. The van der Waals surface area contributed by atoms with Gasteiger partial charge in [-0.05, 0) is 32.9 Å². The molecule has 0 saturated heterocycles. The van der Waals surface area contributed by atoms with Gasteiger partial charge in [0.2, 0.25) is 0 Å². The van der Waals surface area contributed by atoms with Gasteiger partial charge in [0, 0.05) is 12.1 Å². The maximum atomic E-state index is 12.5. The van der Waals surface area contributed by atoms with Gasteiger partial charge in [-0.3, -0.25) is 4.79 Å². The zero-order chi connectivity index (χ0) is 19.3. The largest absolute Gasteiger partial charge is 0.496 e. The number of hydrogen-bond acceptors (Lipinski definition) is 6. The van der Waals surface area contributed by atoms with E-state index in [1.54, 1.807) is 35.1 Å². The maximum Gasteiger partial charge on any atom is 0.346 e. The van der Waals surface area contributed by atoms with Crippen molar-refractivity contribution in [1.82, 2.24) is 9.78 Å². The molecule has 0 bridgehead atoms. The van der Waals surface area contributed by atoms with Gasteiger partial charge >= 0.3 is 5.97 Å². The van der Waals surface area contributed by atoms with Crippen LogP contribution in [0.1, 0.15) is 37.2 Å². The Kier molecular flexibility index (Phi) is 6.21. The number of carbonyl (C=O) groups is 2. The van der Waals surface area contributed by atoms with Crippen LogP contribution in [0.5, 0.6) is 11.5 Å². The molecule has 1 aromatic heterocycles. The number of nitrogens with one attached hydrogen (secondary N) is 1. The summed E-state index contributed by atoms with van der Waals surface area (Å²) in [5, 5.41) is 6.85. The van der Waals surface area contributed by atoms with E-state index >= 15 is 0 Å². The molecule has 0 aliphatic carbocycles. The van der Waals surface area contributed by atoms with E-state index in [0.717, 1.165) is 0 Å². The molecule has 0 aliphatic rings. The maximum absolute atomic E-state index is 12.5. The van der Waals surface area contributed by atoms with Crippen molar-refractivity contribution in [2.24, 2.45) is 0 Å². The lowest BCUT2D eigenvalue weighted by Crippen LogP contribution is -2.31. The van der Waals surface area contributed by atoms with Gasteiger partial charge in [0.25, 0.3) is 5.91 Å². The number of ether oxygens (including phenoxy) is 3. The standard InChI is InChI=1S/C18H23N3O5/c1-11(2)21-15(9-10-19-21)20-17(22)12(3)26-18(23)16-13(24-4)7-6-8-14(16)25-5/h6-12H,1-5H3,(H,20,22). The predicted molar refractivity (Wildman–Crippen MR) is 95.7 cm³/mol. The van der Waals surface area contributed by atoms with Crippen LogP contribution in [0.25, 0.3) is 0 Å². The summed E-state index contributed by atoms with van der Waals surface area (Å²) < 4.78 is 17.3. The number of anilines is 1. The lowest BCUT2D eigenvalue weighted by molar-refractivity contribution is -0.123. The highest BCUT2D eigenvalue weighted by molar-refractivity contribution is 5.99. The van der Waals surface area contributed by atoms with E-state index in [9.17, 15) is 9.59 Å². The molecule has 1 aromatic carbocycles. The van der Waals surface area contributed by atoms with E-state index in [0.29, 0.717) is 17.3 Å². The Labute approximate surface area is 152 Å². The van der Waals surface area contributed by atoms with E-state index < -0.39 is 18.0 Å². The summed E-state index contributed by atoms with van der Waals surface area (Å²) in [4.78, 5) is 24.9. The molecule has 0 radical (unpaired) electrons. The number of carbonyl (C=O) groups excluding carboxylic acids is 2. The molecule has 1 atom stereocenters. The van der Waals surface area contributed by atoms with Crippen LogP contribution < -0.4 is 14.8 Å². The van der Waals surface area contributed by atoms with E-state index in [1.165, 1.54) is 21.1 Å². The Morgan fingerprint density at radius 1 is 1.08 bits per heavy atom. The number of esters is 1. The van der Waals surface area contributed by atoms with Gasteiger partial charge in [-0.15, -0.1) is 0 Å². The summed E-state index contributed by atoms with van der Waals surface area (Å²) in [5.74, 6) is -0.0311. The number of benzene rings is 1. The minimum Gasteiger partial charge on any atom is -0.496 e. The molecule has 8 nitrogen and oxygen atoms in total. The molecule has 1 N–H and O–H groups in total. The van der Waals surface area contributed by atoms with Gasteiger partial charge in [-0.2, -0.15) is 5.10 Å². The lowest BCUT2D eigenvalue weighted by atomic mass is 10.1. The third-order valence-corrected chi connectivity index (χ3v) is 3.70. The Balaban J connectivity index is 2.12. The first-order chi connectivity index (χ1) is 12.4. The highest BCUT2D eigenvalue weighted by Gasteiger charge is 2.25. The second-order valence-electron chi connectivity index (χ2n) is 5.83. The molecule has 140 valence electrons. The number of methoxy groups -OCH3 is 2. The van der Waals surface area contributed by atoms with Crippen LogP contribution in [0.2, 0.25) is 0 Å². The van der Waals surface area contributed by atoms with Gasteiger partial charge in [0.1, 0.15) is 22.9 Å². The Hall–Kier alpha value is -3.03. The molecule has 0 aliphatic heterocycles. The fraction of sp³-hybridized carbons (Fsp3) is 0.389. The number of hydrogen-bond donors (Lipinski definition) is 1. The number of amides is 1. The van der Waals surface area contributed by atoms with Crippen molar-refractivity contribution in [2.75, 3.05) is 19.5 Å². The van der Waals surface area contributed by atoms with Crippen molar-refractivity contribution in [2.45, 2.75) is 32.9 Å². The van der Waals surface area contributed by atoms with E-state index in [2.05, 4.69) is 10.4 Å². The van der Waals surface area contributed by atoms with Crippen molar-refractivity contribution >= 4 is 17.7 Å². The van der Waals surface area contributed by atoms with Gasteiger partial charge in [-0.1, -0.05) is 6.07 Å². The van der Waals surface area contributed by atoms with Crippen LogP contribution in [0, 0.1) is 0 Å². The molecule has 0 fully saturated rings. The van der Waals surface area contributed by atoms with Crippen molar-refractivity contribution in [1.29, 1.82) is 0 Å². The average Bonchev–Trinajstić information content (AvgIpc) is 3.08. The number of nitrogens with zero attached hydrogens (tertiary/aromatic N) is 2. The van der Waals surface area contributed by atoms with Gasteiger partial charge in [-0.25, -0.2) is 9.48 Å². The molecule has 0 spiro atoms. The number of rotatable bonds is 7. The van der Waals surface area contributed by atoms with Crippen LogP contribution >= 0.6 is 0 Å². The zero-order valence-electron chi connectivity index (χ0n) is 15.5. The van der Waals surface area contributed by atoms with Crippen LogP contribution in [0.15, 0.2) is 30.5 Å². The molecule has 0 saturated carbocycles. The quantitative estimate of drug-likeness (QED) is 0.762. The van der Waals surface area contributed by atoms with Gasteiger partial charge in [0.05, 0.1) is 20.4 Å². The van der Waals surface area contributed by atoms with Crippen LogP contribution in [-0.4, -0.2) is 42.0 Å². The summed E-state index contributed by atoms with van der Waals surface area (Å²) in [5.41, 5.74) is 0.129. The van der Waals surface area contributed by atoms with Gasteiger partial charge < -0.3 is 19.5 Å². The molecule has 26 heavy (non-hydrogen) atoms. The minimum atomic E-state index is -1.02. The van der Waals surface area contributed by atoms with Crippen LogP contribution in [-0.2, 0) is 9.53 Å². The van der Waals surface area contributed by atoms with Gasteiger partial charge in [0.15, 0.2) is 6.10 Å². The van der Waals surface area contributed by atoms with E-state index in [4.69, 9.17) is 14.2 Å². The molecule has 1 heterocycles. The zero-order valence-corrected chi connectivity index (χ0v) is 15.5. The van der Waals surface area contributed by atoms with Crippen LogP contribution in [0.3, 0.4) is 0 Å². The highest BCUT2D eigenvalue weighted by atomic mass is 16.6. The van der Waals surface area contributed by atoms with Crippen molar-refractivity contribution < 1.29 is 23.8 Å². The Morgan fingerprint density at radius 3 is 2.23 bits per heavy atom. The topological polar surface area (TPSA) is 91.7 Å². The molecule has 1 amide bonds. The first-order valence-electron chi connectivity index (χ1n) is 8.15. The first kappa shape index (κ1) is 19.3. The number of aromatic nitrogens is 2. The summed E-state index contributed by atoms with van der Waals surface area (Å²) in [6, 6.07) is 6.68. The van der Waals surface area contributed by atoms with Crippen LogP contribution in [0.4, 0.5) is 5.82 Å². The molecular formula is C18H23N3O5. The minimum absolute atomic E-state index is 0.0796. The SMILES string of the molecule is COc1cccc(OC)c1C(=O)OC(C)C(=O)Nc1ccnn1C(C)C.